The van der Waals surface area contributed by atoms with E-state index in [-0.39, 0.29) is 5.75 Å². The van der Waals surface area contributed by atoms with E-state index in [1.807, 2.05) is 53.4 Å². The Hall–Kier alpha value is -2.69. The summed E-state index contributed by atoms with van der Waals surface area (Å²) in [7, 11) is 1.24. The summed E-state index contributed by atoms with van der Waals surface area (Å²) in [6, 6.07) is 15.7. The third-order valence-corrected chi connectivity index (χ3v) is 3.84. The third kappa shape index (κ3) is 3.30. The van der Waals surface area contributed by atoms with Crippen molar-refractivity contribution in [3.63, 3.8) is 0 Å². The van der Waals surface area contributed by atoms with Crippen molar-refractivity contribution in [1.29, 1.82) is 0 Å². The van der Waals surface area contributed by atoms with Crippen LogP contribution in [0.5, 0.6) is 5.75 Å². The van der Waals surface area contributed by atoms with Crippen LogP contribution in [-0.4, -0.2) is 11.7 Å². The van der Waals surface area contributed by atoms with Gasteiger partial charge in [-0.15, -0.1) is 0 Å². The Balaban J connectivity index is 1.98. The van der Waals surface area contributed by atoms with Crippen LogP contribution in [0.4, 0.5) is 13.2 Å². The molecule has 0 aliphatic rings. The van der Waals surface area contributed by atoms with E-state index in [9.17, 15) is 13.2 Å². The molecule has 0 saturated heterocycles. The Bertz CT molecular complexity index is 823. The molecule has 3 rings (SSSR count). The van der Waals surface area contributed by atoms with Gasteiger partial charge in [-0.25, -0.2) is 0 Å². The second-order valence-corrected chi connectivity index (χ2v) is 5.43. The van der Waals surface area contributed by atoms with Crippen molar-refractivity contribution in [2.75, 3.05) is 7.11 Å². The number of alkyl halides is 3. The zero-order valence-electron chi connectivity index (χ0n) is 13.0. The highest BCUT2D eigenvalue weighted by Gasteiger charge is 2.34. The average molecular weight is 331 g/mol. The molecule has 0 radical (unpaired) electrons. The van der Waals surface area contributed by atoms with E-state index in [4.69, 9.17) is 4.74 Å². The van der Waals surface area contributed by atoms with E-state index in [2.05, 4.69) is 0 Å². The van der Waals surface area contributed by atoms with Crippen molar-refractivity contribution in [1.82, 2.24) is 4.57 Å². The average Bonchev–Trinajstić information content (AvgIpc) is 3.09. The van der Waals surface area contributed by atoms with Crippen molar-refractivity contribution in [3.8, 4) is 11.4 Å². The van der Waals surface area contributed by atoms with Gasteiger partial charge in [0, 0.05) is 18.1 Å². The molecule has 5 heteroatoms. The Morgan fingerprint density at radius 2 is 1.67 bits per heavy atom. The number of hydrogen-bond donors (Lipinski definition) is 0. The summed E-state index contributed by atoms with van der Waals surface area (Å²) in [6.07, 6.45) is -0.218. The van der Waals surface area contributed by atoms with Gasteiger partial charge in [-0.05, 0) is 47.9 Å². The van der Waals surface area contributed by atoms with Crippen molar-refractivity contribution >= 4 is 0 Å². The molecule has 1 aromatic heterocycles. The highest BCUT2D eigenvalue weighted by atomic mass is 19.4. The molecule has 0 saturated carbocycles. The van der Waals surface area contributed by atoms with Crippen molar-refractivity contribution < 1.29 is 17.9 Å². The van der Waals surface area contributed by atoms with Crippen LogP contribution in [0.25, 0.3) is 5.69 Å². The van der Waals surface area contributed by atoms with Gasteiger partial charge < -0.3 is 9.30 Å². The van der Waals surface area contributed by atoms with Crippen LogP contribution in [0.15, 0.2) is 67.0 Å². The van der Waals surface area contributed by atoms with Gasteiger partial charge in [0.1, 0.15) is 5.75 Å². The second-order valence-electron chi connectivity index (χ2n) is 5.43. The predicted octanol–water partition coefficient (Wildman–Crippen LogP) is 5.10. The summed E-state index contributed by atoms with van der Waals surface area (Å²) >= 11 is 0. The maximum Gasteiger partial charge on any atom is 0.419 e. The Morgan fingerprint density at radius 3 is 2.33 bits per heavy atom. The van der Waals surface area contributed by atoms with Crippen LogP contribution in [0.3, 0.4) is 0 Å². The topological polar surface area (TPSA) is 14.2 Å². The maximum absolute atomic E-state index is 13.2. The smallest absolute Gasteiger partial charge is 0.419 e. The molecule has 2 nitrogen and oxygen atoms in total. The molecule has 0 N–H and O–H groups in total. The molecule has 0 spiro atoms. The van der Waals surface area contributed by atoms with Gasteiger partial charge in [0.25, 0.3) is 0 Å². The molecule has 2 aromatic carbocycles. The summed E-state index contributed by atoms with van der Waals surface area (Å²) in [6.45, 7) is 0. The fraction of sp³-hybridized carbons (Fsp3) is 0.158. The summed E-state index contributed by atoms with van der Waals surface area (Å²) in [5, 5.41) is 0. The molecule has 3 aromatic rings. The Morgan fingerprint density at radius 1 is 0.958 bits per heavy atom. The molecule has 0 unspecified atom stereocenters. The van der Waals surface area contributed by atoms with Crippen LogP contribution in [0, 0.1) is 0 Å². The number of halogens is 3. The molecule has 0 bridgehead atoms. The second kappa shape index (κ2) is 6.43. The Kier molecular flexibility index (Phi) is 4.34. The molecule has 0 aliphatic heterocycles. The lowest BCUT2D eigenvalue weighted by molar-refractivity contribution is -0.138. The number of benzene rings is 2. The van der Waals surface area contributed by atoms with Gasteiger partial charge in [-0.2, -0.15) is 13.2 Å². The fourth-order valence-corrected chi connectivity index (χ4v) is 2.71. The number of para-hydroxylation sites is 1. The van der Waals surface area contributed by atoms with Gasteiger partial charge in [0.15, 0.2) is 0 Å². The van der Waals surface area contributed by atoms with E-state index >= 15 is 0 Å². The number of nitrogens with zero attached hydrogens (tertiary/aromatic N) is 1. The lowest BCUT2D eigenvalue weighted by atomic mass is 10.0. The highest BCUT2D eigenvalue weighted by Crippen LogP contribution is 2.37. The number of methoxy groups -OCH3 is 1. The van der Waals surface area contributed by atoms with E-state index in [0.29, 0.717) is 12.0 Å². The maximum atomic E-state index is 13.2. The van der Waals surface area contributed by atoms with Crippen LogP contribution < -0.4 is 4.74 Å². The van der Waals surface area contributed by atoms with Gasteiger partial charge in [-0.3, -0.25) is 0 Å². The minimum atomic E-state index is -4.44. The van der Waals surface area contributed by atoms with Crippen molar-refractivity contribution in [3.05, 3.63) is 83.7 Å². The minimum Gasteiger partial charge on any atom is -0.496 e. The third-order valence-electron chi connectivity index (χ3n) is 3.84. The molecule has 24 heavy (non-hydrogen) atoms. The normalized spacial score (nSPS) is 11.5. The highest BCUT2D eigenvalue weighted by molar-refractivity contribution is 5.46. The number of hydrogen-bond acceptors (Lipinski definition) is 1. The number of aromatic nitrogens is 1. The molecule has 0 fully saturated rings. The fourth-order valence-electron chi connectivity index (χ4n) is 2.71. The first-order valence-electron chi connectivity index (χ1n) is 7.44. The number of rotatable bonds is 4. The molecule has 0 aliphatic carbocycles. The zero-order chi connectivity index (χ0) is 17.2. The van der Waals surface area contributed by atoms with E-state index < -0.39 is 11.7 Å². The van der Waals surface area contributed by atoms with E-state index in [1.165, 1.54) is 13.2 Å². The number of ether oxygens (including phenoxy) is 1. The first-order valence-corrected chi connectivity index (χ1v) is 7.44. The van der Waals surface area contributed by atoms with Crippen LogP contribution >= 0.6 is 0 Å². The lowest BCUT2D eigenvalue weighted by Gasteiger charge is -2.15. The van der Waals surface area contributed by atoms with Gasteiger partial charge in [-0.1, -0.05) is 24.3 Å². The summed E-state index contributed by atoms with van der Waals surface area (Å²) in [5.74, 6) is -0.162. The first-order chi connectivity index (χ1) is 11.5. The molecule has 124 valence electrons. The largest absolute Gasteiger partial charge is 0.496 e. The van der Waals surface area contributed by atoms with Gasteiger partial charge in [0.2, 0.25) is 0 Å². The minimum absolute atomic E-state index is 0.162. The molecular weight excluding hydrogens is 315 g/mol. The van der Waals surface area contributed by atoms with Gasteiger partial charge in [0.05, 0.1) is 12.7 Å². The molecule has 0 amide bonds. The predicted molar refractivity (Wildman–Crippen MR) is 86.6 cm³/mol. The monoisotopic (exact) mass is 331 g/mol. The van der Waals surface area contributed by atoms with Crippen LogP contribution in [0.1, 0.15) is 16.7 Å². The summed E-state index contributed by atoms with van der Waals surface area (Å²) in [5.41, 5.74) is 1.74. The summed E-state index contributed by atoms with van der Waals surface area (Å²) in [4.78, 5) is 0. The SMILES string of the molecule is COc1ccc(Cc2ccccc2-n2cccc2)cc1C(F)(F)F. The quantitative estimate of drug-likeness (QED) is 0.649. The standard InChI is InChI=1S/C19H16F3NO/c1-24-18-9-8-14(13-16(18)19(20,21)22)12-15-6-2-3-7-17(15)23-10-4-5-11-23/h2-11,13H,12H2,1H3. The molecular formula is C19H16F3NO. The molecule has 0 atom stereocenters. The van der Waals surface area contributed by atoms with Gasteiger partial charge >= 0.3 is 6.18 Å². The van der Waals surface area contributed by atoms with E-state index in [0.717, 1.165) is 17.3 Å². The summed E-state index contributed by atoms with van der Waals surface area (Å²) < 4.78 is 46.3. The zero-order valence-corrected chi connectivity index (χ0v) is 13.0. The lowest BCUT2D eigenvalue weighted by Crippen LogP contribution is -2.08. The van der Waals surface area contributed by atoms with Crippen molar-refractivity contribution in [2.24, 2.45) is 0 Å². The Labute approximate surface area is 138 Å². The van der Waals surface area contributed by atoms with Crippen molar-refractivity contribution in [2.45, 2.75) is 12.6 Å². The van der Waals surface area contributed by atoms with Crippen LogP contribution in [-0.2, 0) is 12.6 Å². The molecule has 1 heterocycles. The first kappa shape index (κ1) is 16.2. The van der Waals surface area contributed by atoms with Crippen LogP contribution in [0.2, 0.25) is 0 Å². The van der Waals surface area contributed by atoms with E-state index in [1.54, 1.807) is 6.07 Å².